The Morgan fingerprint density at radius 3 is 2.12 bits per heavy atom. The smallest absolute Gasteiger partial charge is 0.257 e. The van der Waals surface area contributed by atoms with E-state index in [2.05, 4.69) is 5.32 Å². The molecule has 0 bridgehead atoms. The summed E-state index contributed by atoms with van der Waals surface area (Å²) in [5.41, 5.74) is 2.86. The van der Waals surface area contributed by atoms with Crippen molar-refractivity contribution in [1.82, 2.24) is 5.32 Å². The standard InChI is InChI=1S/C27H27NO4/c1-3-17-28-26(29)19-32-24-13-9-20(10-14-24)18-25(21-7-5-4-6-8-21)27(30)22-11-15-23(31-2)16-12-22/h4-16,18H,3,17,19H2,1-2H3,(H,28,29)/b25-18+. The summed E-state index contributed by atoms with van der Waals surface area (Å²) in [5.74, 6) is 1.07. The van der Waals surface area contributed by atoms with Crippen molar-refractivity contribution in [3.05, 3.63) is 95.6 Å². The second-order valence-corrected chi connectivity index (χ2v) is 7.19. The molecule has 164 valence electrons. The summed E-state index contributed by atoms with van der Waals surface area (Å²) in [6.45, 7) is 2.60. The zero-order chi connectivity index (χ0) is 22.8. The number of benzene rings is 3. The van der Waals surface area contributed by atoms with E-state index in [-0.39, 0.29) is 18.3 Å². The van der Waals surface area contributed by atoms with Crippen molar-refractivity contribution in [3.63, 3.8) is 0 Å². The minimum atomic E-state index is -0.146. The first-order valence-corrected chi connectivity index (χ1v) is 10.6. The Hall–Kier alpha value is -3.86. The molecule has 5 heteroatoms. The summed E-state index contributed by atoms with van der Waals surface area (Å²) in [6.07, 6.45) is 2.74. The number of carbonyl (C=O) groups excluding carboxylic acids is 2. The third-order valence-electron chi connectivity index (χ3n) is 4.81. The van der Waals surface area contributed by atoms with Gasteiger partial charge in [-0.1, -0.05) is 49.4 Å². The minimum Gasteiger partial charge on any atom is -0.497 e. The Morgan fingerprint density at radius 2 is 1.50 bits per heavy atom. The van der Waals surface area contributed by atoms with Gasteiger partial charge in [-0.2, -0.15) is 0 Å². The summed E-state index contributed by atoms with van der Waals surface area (Å²) >= 11 is 0. The number of carbonyl (C=O) groups is 2. The summed E-state index contributed by atoms with van der Waals surface area (Å²) in [6, 6.07) is 24.0. The van der Waals surface area contributed by atoms with Crippen LogP contribution in [0, 0.1) is 0 Å². The maximum absolute atomic E-state index is 13.3. The van der Waals surface area contributed by atoms with Crippen LogP contribution in [0.1, 0.15) is 34.8 Å². The Morgan fingerprint density at radius 1 is 0.844 bits per heavy atom. The Kier molecular flexibility index (Phi) is 8.21. The van der Waals surface area contributed by atoms with Gasteiger partial charge in [0.05, 0.1) is 7.11 Å². The highest BCUT2D eigenvalue weighted by atomic mass is 16.5. The third-order valence-corrected chi connectivity index (χ3v) is 4.81. The molecule has 1 amide bonds. The SMILES string of the molecule is CCCNC(=O)COc1ccc(/C=C(/C(=O)c2ccc(OC)cc2)c2ccccc2)cc1. The van der Waals surface area contributed by atoms with Crippen LogP contribution >= 0.6 is 0 Å². The minimum absolute atomic E-state index is 0.0274. The fourth-order valence-corrected chi connectivity index (χ4v) is 3.09. The molecular formula is C27H27NO4. The number of ether oxygens (including phenoxy) is 2. The van der Waals surface area contributed by atoms with Gasteiger partial charge in [0.25, 0.3) is 5.91 Å². The van der Waals surface area contributed by atoms with E-state index in [0.29, 0.717) is 29.2 Å². The zero-order valence-corrected chi connectivity index (χ0v) is 18.3. The number of nitrogens with one attached hydrogen (secondary N) is 1. The van der Waals surface area contributed by atoms with Crippen LogP contribution in [0.5, 0.6) is 11.5 Å². The predicted molar refractivity (Wildman–Crippen MR) is 127 cm³/mol. The molecule has 0 fully saturated rings. The lowest BCUT2D eigenvalue weighted by Gasteiger charge is -2.10. The van der Waals surface area contributed by atoms with Crippen molar-refractivity contribution >= 4 is 23.3 Å². The maximum atomic E-state index is 13.3. The molecule has 0 aliphatic heterocycles. The molecule has 1 N–H and O–H groups in total. The Labute approximate surface area is 188 Å². The van der Waals surface area contributed by atoms with E-state index < -0.39 is 0 Å². The molecule has 0 atom stereocenters. The molecule has 0 aliphatic carbocycles. The number of hydrogen-bond donors (Lipinski definition) is 1. The van der Waals surface area contributed by atoms with Gasteiger partial charge in [0.15, 0.2) is 12.4 Å². The van der Waals surface area contributed by atoms with Crippen molar-refractivity contribution in [2.75, 3.05) is 20.3 Å². The highest BCUT2D eigenvalue weighted by Gasteiger charge is 2.15. The summed E-state index contributed by atoms with van der Waals surface area (Å²) in [4.78, 5) is 25.0. The number of hydrogen-bond acceptors (Lipinski definition) is 4. The maximum Gasteiger partial charge on any atom is 0.257 e. The number of methoxy groups -OCH3 is 1. The summed E-state index contributed by atoms with van der Waals surface area (Å²) in [5, 5.41) is 2.77. The first-order chi connectivity index (χ1) is 15.6. The second-order valence-electron chi connectivity index (χ2n) is 7.19. The zero-order valence-electron chi connectivity index (χ0n) is 18.3. The van der Waals surface area contributed by atoms with E-state index in [1.165, 1.54) is 0 Å². The van der Waals surface area contributed by atoms with E-state index in [0.717, 1.165) is 17.5 Å². The molecule has 5 nitrogen and oxygen atoms in total. The molecule has 32 heavy (non-hydrogen) atoms. The number of rotatable bonds is 10. The molecule has 0 spiro atoms. The Balaban J connectivity index is 1.81. The molecule has 3 aromatic carbocycles. The van der Waals surface area contributed by atoms with Crippen molar-refractivity contribution < 1.29 is 19.1 Å². The lowest BCUT2D eigenvalue weighted by molar-refractivity contribution is -0.123. The quantitative estimate of drug-likeness (QED) is 0.279. The van der Waals surface area contributed by atoms with Gasteiger partial charge < -0.3 is 14.8 Å². The molecule has 0 saturated carbocycles. The van der Waals surface area contributed by atoms with Crippen LogP contribution in [0.15, 0.2) is 78.9 Å². The number of ketones is 1. The van der Waals surface area contributed by atoms with Gasteiger partial charge in [-0.15, -0.1) is 0 Å². The fourth-order valence-electron chi connectivity index (χ4n) is 3.09. The van der Waals surface area contributed by atoms with Gasteiger partial charge in [0.2, 0.25) is 0 Å². The van der Waals surface area contributed by atoms with Gasteiger partial charge in [-0.25, -0.2) is 0 Å². The topological polar surface area (TPSA) is 64.6 Å². The van der Waals surface area contributed by atoms with Gasteiger partial charge in [0.1, 0.15) is 11.5 Å². The number of Topliss-reactive ketones (excluding diaryl/α,β-unsaturated/α-hetero) is 1. The molecule has 3 aromatic rings. The van der Waals surface area contributed by atoms with Crippen LogP contribution in [0.25, 0.3) is 11.6 Å². The van der Waals surface area contributed by atoms with Crippen LogP contribution in [0.4, 0.5) is 0 Å². The number of allylic oxidation sites excluding steroid dienone is 1. The first-order valence-electron chi connectivity index (χ1n) is 10.6. The second kappa shape index (κ2) is 11.5. The molecule has 0 aromatic heterocycles. The lowest BCUT2D eigenvalue weighted by atomic mass is 9.94. The van der Waals surface area contributed by atoms with Crippen LogP contribution < -0.4 is 14.8 Å². The number of amides is 1. The van der Waals surface area contributed by atoms with Gasteiger partial charge in [-0.05, 0) is 60.0 Å². The molecular weight excluding hydrogens is 402 g/mol. The van der Waals surface area contributed by atoms with E-state index >= 15 is 0 Å². The Bertz CT molecular complexity index is 1060. The summed E-state index contributed by atoms with van der Waals surface area (Å²) < 4.78 is 10.7. The first kappa shape index (κ1) is 22.8. The van der Waals surface area contributed by atoms with Crippen LogP contribution in [-0.2, 0) is 4.79 Å². The highest BCUT2D eigenvalue weighted by Crippen LogP contribution is 2.25. The lowest BCUT2D eigenvalue weighted by Crippen LogP contribution is -2.29. The molecule has 0 saturated heterocycles. The highest BCUT2D eigenvalue weighted by molar-refractivity contribution is 6.32. The fraction of sp³-hybridized carbons (Fsp3) is 0.185. The third kappa shape index (κ3) is 6.32. The van der Waals surface area contributed by atoms with Crippen LogP contribution in [0.2, 0.25) is 0 Å². The van der Waals surface area contributed by atoms with Crippen molar-refractivity contribution in [2.24, 2.45) is 0 Å². The van der Waals surface area contributed by atoms with E-state index in [9.17, 15) is 9.59 Å². The normalized spacial score (nSPS) is 11.0. The summed E-state index contributed by atoms with van der Waals surface area (Å²) in [7, 11) is 1.59. The predicted octanol–water partition coefficient (Wildman–Crippen LogP) is 5.02. The molecule has 0 radical (unpaired) electrons. The average molecular weight is 430 g/mol. The van der Waals surface area contributed by atoms with E-state index in [4.69, 9.17) is 9.47 Å². The van der Waals surface area contributed by atoms with Crippen LogP contribution in [-0.4, -0.2) is 32.0 Å². The average Bonchev–Trinajstić information content (AvgIpc) is 2.85. The van der Waals surface area contributed by atoms with Crippen molar-refractivity contribution in [3.8, 4) is 11.5 Å². The van der Waals surface area contributed by atoms with Crippen LogP contribution in [0.3, 0.4) is 0 Å². The van der Waals surface area contributed by atoms with Gasteiger partial charge in [0, 0.05) is 17.7 Å². The van der Waals surface area contributed by atoms with Crippen molar-refractivity contribution in [2.45, 2.75) is 13.3 Å². The molecule has 0 unspecified atom stereocenters. The molecule has 3 rings (SSSR count). The van der Waals surface area contributed by atoms with Gasteiger partial charge in [-0.3, -0.25) is 9.59 Å². The molecule has 0 aliphatic rings. The van der Waals surface area contributed by atoms with Gasteiger partial charge >= 0.3 is 0 Å². The largest absolute Gasteiger partial charge is 0.497 e. The molecule has 0 heterocycles. The monoisotopic (exact) mass is 429 g/mol. The van der Waals surface area contributed by atoms with E-state index in [1.54, 1.807) is 43.5 Å². The van der Waals surface area contributed by atoms with E-state index in [1.807, 2.05) is 55.5 Å². The van der Waals surface area contributed by atoms with Crippen molar-refractivity contribution in [1.29, 1.82) is 0 Å².